The minimum atomic E-state index is -0.724. The Bertz CT molecular complexity index is 2010. The van der Waals surface area contributed by atoms with Gasteiger partial charge in [0.25, 0.3) is 11.8 Å². The van der Waals surface area contributed by atoms with E-state index in [1.54, 1.807) is 70.4 Å². The Morgan fingerprint density at radius 3 is 2.51 bits per heavy atom. The van der Waals surface area contributed by atoms with Crippen LogP contribution in [0, 0.1) is 5.82 Å². The van der Waals surface area contributed by atoms with Gasteiger partial charge in [0.05, 0.1) is 36.8 Å². The lowest BCUT2D eigenvalue weighted by molar-refractivity contribution is 0.0303. The summed E-state index contributed by atoms with van der Waals surface area (Å²) in [6.07, 6.45) is 5.61. The van der Waals surface area contributed by atoms with Gasteiger partial charge in [-0.15, -0.1) is 0 Å². The van der Waals surface area contributed by atoms with Gasteiger partial charge < -0.3 is 24.5 Å². The number of nitrogens with one attached hydrogen (secondary N) is 1. The minimum Gasteiger partial charge on any atom is -0.392 e. The van der Waals surface area contributed by atoms with Crippen molar-refractivity contribution < 1.29 is 23.8 Å². The number of anilines is 3. The largest absolute Gasteiger partial charge is 0.392 e. The lowest BCUT2D eigenvalue weighted by Gasteiger charge is -2.26. The van der Waals surface area contributed by atoms with Crippen molar-refractivity contribution in [2.75, 3.05) is 36.6 Å². The number of halogens is 1. The van der Waals surface area contributed by atoms with Crippen LogP contribution in [0.3, 0.4) is 0 Å². The summed E-state index contributed by atoms with van der Waals surface area (Å²) in [5.41, 5.74) is 4.27. The smallest absolute Gasteiger partial charge is 0.275 e. The maximum Gasteiger partial charge on any atom is 0.275 e. The highest BCUT2D eigenvalue weighted by molar-refractivity contribution is 6.07. The summed E-state index contributed by atoms with van der Waals surface area (Å²) >= 11 is 0. The molecule has 1 saturated heterocycles. The molecule has 2 amide bonds. The fraction of sp³-hybridized carbons (Fsp3) is 0.297. The third-order valence-electron chi connectivity index (χ3n) is 8.76. The molecule has 0 saturated carbocycles. The van der Waals surface area contributed by atoms with Crippen LogP contribution in [0.1, 0.15) is 65.1 Å². The summed E-state index contributed by atoms with van der Waals surface area (Å²) < 4.78 is 22.7. The molecule has 1 aliphatic heterocycles. The second-order valence-electron chi connectivity index (χ2n) is 13.0. The average Bonchev–Trinajstić information content (AvgIpc) is 3.59. The number of aromatic nitrogens is 3. The fourth-order valence-electron chi connectivity index (χ4n) is 5.98. The van der Waals surface area contributed by atoms with Gasteiger partial charge in [0.1, 0.15) is 5.82 Å². The SMILES string of the molecule is CCc1cc(C(C)(C)C)cc(F)c1C(=O)N(N)c1cccc(-c2cn3ccnc3c(Nc3ccc(C(=O)N4CCOCC4)cc3)n2)c1CO. The number of benzene rings is 3. The zero-order valence-corrected chi connectivity index (χ0v) is 28.0. The Hall–Kier alpha value is -5.17. The van der Waals surface area contributed by atoms with E-state index in [9.17, 15) is 14.7 Å². The molecule has 0 radical (unpaired) electrons. The van der Waals surface area contributed by atoms with Gasteiger partial charge in [-0.25, -0.2) is 25.2 Å². The molecule has 3 heterocycles. The summed E-state index contributed by atoms with van der Waals surface area (Å²) in [7, 11) is 0. The van der Waals surface area contributed by atoms with E-state index in [4.69, 9.17) is 15.6 Å². The Balaban J connectivity index is 1.33. The summed E-state index contributed by atoms with van der Waals surface area (Å²) in [6, 6.07) is 15.4. The van der Waals surface area contributed by atoms with E-state index < -0.39 is 18.3 Å². The van der Waals surface area contributed by atoms with Crippen LogP contribution in [0.15, 0.2) is 73.2 Å². The number of carbonyl (C=O) groups is 2. The number of ether oxygens (including phenoxy) is 1. The molecule has 11 nitrogen and oxygen atoms in total. The van der Waals surface area contributed by atoms with Crippen molar-refractivity contribution in [3.8, 4) is 11.3 Å². The first-order chi connectivity index (χ1) is 23.5. The number of hydrogen-bond donors (Lipinski definition) is 3. The molecule has 49 heavy (non-hydrogen) atoms. The number of nitrogens with zero attached hydrogens (tertiary/aromatic N) is 5. The standard InChI is InChI=1S/C37H40FN7O4/c1-5-23-19-25(37(2,3)4)20-29(38)32(23)36(48)45(39)31-8-6-7-27(28(31)22-46)30-21-44-14-13-40-34(44)33(42-30)41-26-11-9-24(10-12-26)35(47)43-15-17-49-18-16-43/h6-14,19-21,46H,5,15-18,22,39H2,1-4H3,(H,41,42). The van der Waals surface area contributed by atoms with Crippen LogP contribution in [0.5, 0.6) is 0 Å². The molecule has 1 fully saturated rings. The van der Waals surface area contributed by atoms with Crippen molar-refractivity contribution in [1.29, 1.82) is 0 Å². The van der Waals surface area contributed by atoms with Gasteiger partial charge in [-0.2, -0.15) is 0 Å². The van der Waals surface area contributed by atoms with E-state index >= 15 is 4.39 Å². The highest BCUT2D eigenvalue weighted by atomic mass is 19.1. The third-order valence-corrected chi connectivity index (χ3v) is 8.76. The zero-order valence-electron chi connectivity index (χ0n) is 28.0. The second kappa shape index (κ2) is 13.7. The molecular weight excluding hydrogens is 625 g/mol. The maximum atomic E-state index is 15.6. The third kappa shape index (κ3) is 6.75. The van der Waals surface area contributed by atoms with Gasteiger partial charge in [-0.05, 0) is 59.4 Å². The molecule has 5 aromatic rings. The predicted octanol–water partition coefficient (Wildman–Crippen LogP) is 5.62. The molecule has 12 heteroatoms. The molecule has 6 rings (SSSR count). The number of aliphatic hydroxyl groups excluding tert-OH is 1. The highest BCUT2D eigenvalue weighted by Gasteiger charge is 2.27. The summed E-state index contributed by atoms with van der Waals surface area (Å²) in [6.45, 7) is 9.51. The van der Waals surface area contributed by atoms with Gasteiger partial charge in [0.15, 0.2) is 11.5 Å². The molecule has 254 valence electrons. The lowest BCUT2D eigenvalue weighted by Crippen LogP contribution is -2.40. The predicted molar refractivity (Wildman–Crippen MR) is 186 cm³/mol. The average molecular weight is 666 g/mol. The number of fused-ring (bicyclic) bond motifs is 1. The molecule has 3 aromatic carbocycles. The van der Waals surface area contributed by atoms with Crippen LogP contribution < -0.4 is 16.2 Å². The van der Waals surface area contributed by atoms with Crippen molar-refractivity contribution >= 4 is 34.7 Å². The van der Waals surface area contributed by atoms with Crippen LogP contribution >= 0.6 is 0 Å². The molecule has 0 spiro atoms. The molecule has 0 bridgehead atoms. The van der Waals surface area contributed by atoms with Crippen LogP contribution in [-0.4, -0.2) is 62.5 Å². The number of morpholine rings is 1. The van der Waals surface area contributed by atoms with Crippen LogP contribution in [0.2, 0.25) is 0 Å². The lowest BCUT2D eigenvalue weighted by atomic mass is 9.84. The van der Waals surface area contributed by atoms with Gasteiger partial charge in [0, 0.05) is 54.1 Å². The minimum absolute atomic E-state index is 0.0509. The Morgan fingerprint density at radius 2 is 1.84 bits per heavy atom. The summed E-state index contributed by atoms with van der Waals surface area (Å²) in [4.78, 5) is 37.8. The molecule has 4 N–H and O–H groups in total. The topological polar surface area (TPSA) is 138 Å². The molecule has 0 aliphatic carbocycles. The first-order valence-corrected chi connectivity index (χ1v) is 16.2. The van der Waals surface area contributed by atoms with E-state index in [1.165, 1.54) is 6.07 Å². The first-order valence-electron chi connectivity index (χ1n) is 16.2. The van der Waals surface area contributed by atoms with E-state index in [1.807, 2.05) is 33.8 Å². The molecule has 1 aliphatic rings. The van der Waals surface area contributed by atoms with Crippen LogP contribution in [-0.2, 0) is 23.2 Å². The number of aliphatic hydroxyl groups is 1. The summed E-state index contributed by atoms with van der Waals surface area (Å²) in [5.74, 6) is 5.43. The molecule has 2 aromatic heterocycles. The number of hydrogen-bond acceptors (Lipinski definition) is 8. The van der Waals surface area contributed by atoms with Crippen LogP contribution in [0.25, 0.3) is 16.9 Å². The number of amides is 2. The number of rotatable bonds is 8. The zero-order chi connectivity index (χ0) is 34.9. The Morgan fingerprint density at radius 1 is 1.10 bits per heavy atom. The Labute approximate surface area is 284 Å². The summed E-state index contributed by atoms with van der Waals surface area (Å²) in [5, 5.41) is 14.8. The van der Waals surface area contributed by atoms with E-state index in [0.717, 1.165) is 10.6 Å². The number of imidazole rings is 1. The number of aryl methyl sites for hydroxylation is 1. The number of hydrazine groups is 1. The normalized spacial score (nSPS) is 13.5. The Kier molecular flexibility index (Phi) is 9.46. The fourth-order valence-corrected chi connectivity index (χ4v) is 5.98. The van der Waals surface area contributed by atoms with Gasteiger partial charge in [-0.3, -0.25) is 9.59 Å². The molecule has 0 atom stereocenters. The monoisotopic (exact) mass is 665 g/mol. The van der Waals surface area contributed by atoms with E-state index in [-0.39, 0.29) is 22.6 Å². The number of nitrogens with two attached hydrogens (primary N) is 1. The van der Waals surface area contributed by atoms with Crippen molar-refractivity contribution in [3.05, 3.63) is 107 Å². The van der Waals surface area contributed by atoms with Crippen molar-refractivity contribution in [2.45, 2.75) is 46.1 Å². The van der Waals surface area contributed by atoms with Crippen molar-refractivity contribution in [2.24, 2.45) is 5.84 Å². The maximum absolute atomic E-state index is 15.6. The molecular formula is C37H40FN7O4. The van der Waals surface area contributed by atoms with Crippen molar-refractivity contribution in [1.82, 2.24) is 19.3 Å². The van der Waals surface area contributed by atoms with Crippen LogP contribution in [0.4, 0.5) is 21.6 Å². The highest BCUT2D eigenvalue weighted by Crippen LogP contribution is 2.34. The van der Waals surface area contributed by atoms with Gasteiger partial charge in [0.2, 0.25) is 0 Å². The van der Waals surface area contributed by atoms with Gasteiger partial charge >= 0.3 is 0 Å². The molecule has 0 unspecified atom stereocenters. The first kappa shape index (κ1) is 33.7. The van der Waals surface area contributed by atoms with Crippen molar-refractivity contribution in [3.63, 3.8) is 0 Å². The quantitative estimate of drug-likeness (QED) is 0.110. The number of carbonyl (C=O) groups excluding carboxylic acids is 2. The second-order valence-corrected chi connectivity index (χ2v) is 13.0. The van der Waals surface area contributed by atoms with E-state index in [0.29, 0.717) is 77.8 Å². The van der Waals surface area contributed by atoms with Gasteiger partial charge in [-0.1, -0.05) is 45.9 Å². The van der Waals surface area contributed by atoms with E-state index in [2.05, 4.69) is 10.3 Å².